The maximum atomic E-state index is 13.7. The first-order valence-electron chi connectivity index (χ1n) is 11.9. The number of fused-ring (bicyclic) bond motifs is 1. The van der Waals surface area contributed by atoms with Gasteiger partial charge in [-0.2, -0.15) is 0 Å². The van der Waals surface area contributed by atoms with Crippen LogP contribution in [0.5, 0.6) is 11.5 Å². The summed E-state index contributed by atoms with van der Waals surface area (Å²) in [7, 11) is 1.81. The summed E-state index contributed by atoms with van der Waals surface area (Å²) in [5.41, 5.74) is 1.18. The third kappa shape index (κ3) is 6.50. The highest BCUT2D eigenvalue weighted by Crippen LogP contribution is 2.24. The molecule has 0 N–H and O–H groups in total. The molecule has 6 heteroatoms. The summed E-state index contributed by atoms with van der Waals surface area (Å²) in [4.78, 5) is 30.3. The van der Waals surface area contributed by atoms with E-state index in [1.807, 2.05) is 61.3 Å². The van der Waals surface area contributed by atoms with E-state index in [0.717, 1.165) is 19.3 Å². The zero-order valence-electron chi connectivity index (χ0n) is 20.3. The van der Waals surface area contributed by atoms with Crippen molar-refractivity contribution in [2.75, 3.05) is 33.4 Å². The molecule has 1 aliphatic rings. The summed E-state index contributed by atoms with van der Waals surface area (Å²) in [6.45, 7) is 8.37. The van der Waals surface area contributed by atoms with E-state index >= 15 is 0 Å². The number of ether oxygens (including phenoxy) is 2. The van der Waals surface area contributed by atoms with E-state index in [4.69, 9.17) is 9.47 Å². The van der Waals surface area contributed by atoms with Crippen LogP contribution in [0.3, 0.4) is 0 Å². The molecule has 0 fully saturated rings. The molecule has 33 heavy (non-hydrogen) atoms. The van der Waals surface area contributed by atoms with Crippen molar-refractivity contribution < 1.29 is 19.1 Å². The standard InChI is InChI=1S/C27H36N2O4/c1-5-32-23-12-10-11-21(18-23)26(30)29-16-9-8-15-28(4)27(31)24-13-6-7-14-25(24)33-19-22(29)17-20(2)3/h6-7,10-14,18,20,22H,5,8-9,15-17,19H2,1-4H3/t22-/m0/s1. The van der Waals surface area contributed by atoms with Gasteiger partial charge in [0.05, 0.1) is 18.2 Å². The van der Waals surface area contributed by atoms with Crippen LogP contribution < -0.4 is 9.47 Å². The van der Waals surface area contributed by atoms with Gasteiger partial charge in [-0.3, -0.25) is 9.59 Å². The fourth-order valence-corrected chi connectivity index (χ4v) is 4.22. The molecule has 0 saturated heterocycles. The molecular weight excluding hydrogens is 416 g/mol. The molecule has 2 aromatic carbocycles. The molecular formula is C27H36N2O4. The van der Waals surface area contributed by atoms with E-state index in [1.54, 1.807) is 11.0 Å². The second-order valence-corrected chi connectivity index (χ2v) is 8.98. The molecule has 1 aliphatic heterocycles. The van der Waals surface area contributed by atoms with Crippen molar-refractivity contribution in [2.24, 2.45) is 5.92 Å². The zero-order chi connectivity index (χ0) is 23.8. The zero-order valence-corrected chi connectivity index (χ0v) is 20.3. The fourth-order valence-electron chi connectivity index (χ4n) is 4.22. The van der Waals surface area contributed by atoms with Crippen molar-refractivity contribution >= 4 is 11.8 Å². The number of rotatable bonds is 5. The number of para-hydroxylation sites is 1. The number of hydrogen-bond donors (Lipinski definition) is 0. The van der Waals surface area contributed by atoms with Gasteiger partial charge < -0.3 is 19.3 Å². The largest absolute Gasteiger partial charge is 0.494 e. The normalized spacial score (nSPS) is 17.6. The van der Waals surface area contributed by atoms with Crippen LogP contribution in [0.15, 0.2) is 48.5 Å². The summed E-state index contributed by atoms with van der Waals surface area (Å²) in [6, 6.07) is 14.6. The minimum atomic E-state index is -0.103. The minimum Gasteiger partial charge on any atom is -0.494 e. The lowest BCUT2D eigenvalue weighted by molar-refractivity contribution is 0.0558. The average molecular weight is 453 g/mol. The molecule has 6 nitrogen and oxygen atoms in total. The highest BCUT2D eigenvalue weighted by atomic mass is 16.5. The van der Waals surface area contributed by atoms with Gasteiger partial charge in [0.2, 0.25) is 0 Å². The Balaban J connectivity index is 1.93. The van der Waals surface area contributed by atoms with Crippen LogP contribution in [0.1, 0.15) is 60.7 Å². The first-order valence-corrected chi connectivity index (χ1v) is 11.9. The third-order valence-corrected chi connectivity index (χ3v) is 5.88. The molecule has 0 bridgehead atoms. The predicted octanol–water partition coefficient (Wildman–Crippen LogP) is 4.89. The van der Waals surface area contributed by atoms with Gasteiger partial charge in [0, 0.05) is 25.7 Å². The van der Waals surface area contributed by atoms with E-state index in [9.17, 15) is 9.59 Å². The van der Waals surface area contributed by atoms with Gasteiger partial charge in [-0.25, -0.2) is 0 Å². The molecule has 3 rings (SSSR count). The average Bonchev–Trinajstić information content (AvgIpc) is 2.80. The third-order valence-electron chi connectivity index (χ3n) is 5.88. The first kappa shape index (κ1) is 24.6. The first-order chi connectivity index (χ1) is 15.9. The van der Waals surface area contributed by atoms with Crippen LogP contribution in [0.4, 0.5) is 0 Å². The van der Waals surface area contributed by atoms with E-state index in [-0.39, 0.29) is 17.9 Å². The van der Waals surface area contributed by atoms with Crippen LogP contribution in [0, 0.1) is 5.92 Å². The van der Waals surface area contributed by atoms with Gasteiger partial charge in [-0.15, -0.1) is 0 Å². The van der Waals surface area contributed by atoms with Crippen LogP contribution in [-0.2, 0) is 0 Å². The summed E-state index contributed by atoms with van der Waals surface area (Å²) in [5, 5.41) is 0. The Bertz CT molecular complexity index is 943. The molecule has 0 unspecified atom stereocenters. The van der Waals surface area contributed by atoms with Crippen LogP contribution in [0.25, 0.3) is 0 Å². The van der Waals surface area contributed by atoms with E-state index in [1.165, 1.54) is 0 Å². The lowest BCUT2D eigenvalue weighted by atomic mass is 10.0. The number of hydrogen-bond acceptors (Lipinski definition) is 4. The van der Waals surface area contributed by atoms with Crippen LogP contribution in [-0.4, -0.2) is 61.0 Å². The van der Waals surface area contributed by atoms with Crippen molar-refractivity contribution in [2.45, 2.75) is 46.1 Å². The lowest BCUT2D eigenvalue weighted by Crippen LogP contribution is -2.45. The molecule has 0 saturated carbocycles. The van der Waals surface area contributed by atoms with Gasteiger partial charge in [-0.05, 0) is 62.4 Å². The Kier molecular flexibility index (Phi) is 8.75. The molecule has 2 aromatic rings. The fraction of sp³-hybridized carbons (Fsp3) is 0.481. The van der Waals surface area contributed by atoms with Crippen LogP contribution in [0.2, 0.25) is 0 Å². The Morgan fingerprint density at radius 1 is 1.12 bits per heavy atom. The van der Waals surface area contributed by atoms with Crippen molar-refractivity contribution in [3.05, 3.63) is 59.7 Å². The molecule has 0 radical (unpaired) electrons. The number of amides is 2. The Labute approximate surface area is 197 Å². The molecule has 0 spiro atoms. The minimum absolute atomic E-state index is 0.0134. The topological polar surface area (TPSA) is 59.1 Å². The van der Waals surface area contributed by atoms with Crippen molar-refractivity contribution in [1.29, 1.82) is 0 Å². The molecule has 0 aliphatic carbocycles. The highest BCUT2D eigenvalue weighted by molar-refractivity contribution is 5.97. The molecule has 178 valence electrons. The monoisotopic (exact) mass is 452 g/mol. The summed E-state index contributed by atoms with van der Waals surface area (Å²) in [5.74, 6) is 1.60. The maximum absolute atomic E-state index is 13.7. The molecule has 2 amide bonds. The number of carbonyl (C=O) groups is 2. The molecule has 0 aromatic heterocycles. The van der Waals surface area contributed by atoms with Gasteiger partial charge in [-0.1, -0.05) is 32.0 Å². The van der Waals surface area contributed by atoms with E-state index in [2.05, 4.69) is 13.8 Å². The van der Waals surface area contributed by atoms with Gasteiger partial charge >= 0.3 is 0 Å². The summed E-state index contributed by atoms with van der Waals surface area (Å²) >= 11 is 0. The smallest absolute Gasteiger partial charge is 0.257 e. The Morgan fingerprint density at radius 2 is 1.88 bits per heavy atom. The van der Waals surface area contributed by atoms with E-state index in [0.29, 0.717) is 54.8 Å². The quantitative estimate of drug-likeness (QED) is 0.648. The summed E-state index contributed by atoms with van der Waals surface area (Å²) < 4.78 is 11.8. The number of carbonyl (C=O) groups excluding carboxylic acids is 2. The lowest BCUT2D eigenvalue weighted by Gasteiger charge is -2.34. The second kappa shape index (κ2) is 11.7. The van der Waals surface area contributed by atoms with Crippen molar-refractivity contribution in [1.82, 2.24) is 9.80 Å². The van der Waals surface area contributed by atoms with Crippen LogP contribution >= 0.6 is 0 Å². The Morgan fingerprint density at radius 3 is 2.64 bits per heavy atom. The van der Waals surface area contributed by atoms with Gasteiger partial charge in [0.15, 0.2) is 0 Å². The predicted molar refractivity (Wildman–Crippen MR) is 130 cm³/mol. The second-order valence-electron chi connectivity index (χ2n) is 8.98. The Hall–Kier alpha value is -3.02. The molecule has 1 heterocycles. The van der Waals surface area contributed by atoms with Gasteiger partial charge in [0.25, 0.3) is 11.8 Å². The SMILES string of the molecule is CCOc1cccc(C(=O)N2CCCCN(C)C(=O)c3ccccc3OC[C@@H]2CC(C)C)c1. The number of nitrogens with zero attached hydrogens (tertiary/aromatic N) is 2. The highest BCUT2D eigenvalue weighted by Gasteiger charge is 2.28. The molecule has 1 atom stereocenters. The summed E-state index contributed by atoms with van der Waals surface area (Å²) in [6.07, 6.45) is 2.44. The maximum Gasteiger partial charge on any atom is 0.257 e. The van der Waals surface area contributed by atoms with Crippen molar-refractivity contribution in [3.8, 4) is 11.5 Å². The van der Waals surface area contributed by atoms with E-state index < -0.39 is 0 Å². The number of benzene rings is 2. The van der Waals surface area contributed by atoms with Gasteiger partial charge in [0.1, 0.15) is 18.1 Å². The van der Waals surface area contributed by atoms with Crippen molar-refractivity contribution in [3.63, 3.8) is 0 Å².